The normalized spacial score (nSPS) is 13.0. The molecule has 0 aromatic heterocycles. The molecular formula is C22H28O7S. The van der Waals surface area contributed by atoms with E-state index in [2.05, 4.69) is 0 Å². The summed E-state index contributed by atoms with van der Waals surface area (Å²) in [6.45, 7) is 8.09. The Morgan fingerprint density at radius 2 is 1.63 bits per heavy atom. The van der Waals surface area contributed by atoms with Gasteiger partial charge in [-0.2, -0.15) is 0 Å². The van der Waals surface area contributed by atoms with Gasteiger partial charge in [-0.15, -0.1) is 0 Å². The Balaban J connectivity index is 2.21. The number of hydrogen-bond donors (Lipinski definition) is 1. The monoisotopic (exact) mass is 436 g/mol. The van der Waals surface area contributed by atoms with E-state index in [1.54, 1.807) is 30.3 Å². The summed E-state index contributed by atoms with van der Waals surface area (Å²) >= 11 is 0. The number of sulfone groups is 1. The molecule has 0 bridgehead atoms. The summed E-state index contributed by atoms with van der Waals surface area (Å²) in [6.07, 6.45) is 0.686. The largest absolute Gasteiger partial charge is 0.488 e. The van der Waals surface area contributed by atoms with Crippen molar-refractivity contribution in [2.75, 3.05) is 12.9 Å². The van der Waals surface area contributed by atoms with Crippen molar-refractivity contribution in [2.45, 2.75) is 50.7 Å². The third-order valence-electron chi connectivity index (χ3n) is 3.87. The average Bonchev–Trinajstić information content (AvgIpc) is 2.58. The molecule has 0 aliphatic rings. The van der Waals surface area contributed by atoms with Gasteiger partial charge in [0.05, 0.1) is 23.5 Å². The molecule has 2 aromatic carbocycles. The zero-order chi connectivity index (χ0) is 22.5. The molecule has 0 aliphatic carbocycles. The van der Waals surface area contributed by atoms with Crippen LogP contribution in [0.15, 0.2) is 47.4 Å². The van der Waals surface area contributed by atoms with Gasteiger partial charge in [-0.1, -0.05) is 0 Å². The van der Waals surface area contributed by atoms with Crippen molar-refractivity contribution in [1.82, 2.24) is 0 Å². The molecule has 8 heteroatoms. The van der Waals surface area contributed by atoms with Crippen LogP contribution < -0.4 is 9.47 Å². The summed E-state index contributed by atoms with van der Waals surface area (Å²) in [5.41, 5.74) is 0.224. The van der Waals surface area contributed by atoms with E-state index < -0.39 is 15.8 Å². The molecule has 0 aliphatic heterocycles. The van der Waals surface area contributed by atoms with E-state index in [4.69, 9.17) is 19.3 Å². The second kappa shape index (κ2) is 9.49. The second-order valence-corrected chi connectivity index (χ2v) is 10.1. The fourth-order valence-electron chi connectivity index (χ4n) is 2.56. The van der Waals surface area contributed by atoms with Crippen LogP contribution in [0.25, 0.3) is 0 Å². The van der Waals surface area contributed by atoms with Crippen molar-refractivity contribution in [3.8, 4) is 17.2 Å². The third-order valence-corrected chi connectivity index (χ3v) is 5.00. The highest BCUT2D eigenvalue weighted by Gasteiger charge is 2.15. The fourth-order valence-corrected chi connectivity index (χ4v) is 3.19. The van der Waals surface area contributed by atoms with Crippen LogP contribution in [-0.2, 0) is 25.8 Å². The highest BCUT2D eigenvalue weighted by atomic mass is 32.2. The van der Waals surface area contributed by atoms with Gasteiger partial charge < -0.3 is 19.3 Å². The van der Waals surface area contributed by atoms with Gasteiger partial charge in [0.2, 0.25) is 0 Å². The predicted molar refractivity (Wildman–Crippen MR) is 113 cm³/mol. The SMILES string of the molecule is C[C@@H](COC(C)(C)C)Oc1cc(CC(=O)O)cc(Oc2ccc(S(C)(=O)=O)cc2)c1. The zero-order valence-corrected chi connectivity index (χ0v) is 18.7. The summed E-state index contributed by atoms with van der Waals surface area (Å²) in [6, 6.07) is 10.9. The van der Waals surface area contributed by atoms with Crippen molar-refractivity contribution in [2.24, 2.45) is 0 Å². The first-order valence-electron chi connectivity index (χ1n) is 9.46. The van der Waals surface area contributed by atoms with Gasteiger partial charge in [-0.3, -0.25) is 4.79 Å². The van der Waals surface area contributed by atoms with Gasteiger partial charge in [-0.25, -0.2) is 8.42 Å². The lowest BCUT2D eigenvalue weighted by Crippen LogP contribution is -2.27. The number of ether oxygens (including phenoxy) is 3. The van der Waals surface area contributed by atoms with E-state index in [-0.39, 0.29) is 23.0 Å². The predicted octanol–water partition coefficient (Wildman–Crippen LogP) is 4.09. The van der Waals surface area contributed by atoms with Crippen LogP contribution in [0.5, 0.6) is 17.2 Å². The minimum absolute atomic E-state index is 0.186. The molecule has 0 heterocycles. The van der Waals surface area contributed by atoms with Gasteiger partial charge in [0.25, 0.3) is 0 Å². The molecule has 0 saturated heterocycles. The number of rotatable bonds is 9. The number of aliphatic carboxylic acids is 1. The Morgan fingerprint density at radius 3 is 2.17 bits per heavy atom. The summed E-state index contributed by atoms with van der Waals surface area (Å²) < 4.78 is 40.6. The number of benzene rings is 2. The molecule has 7 nitrogen and oxygen atoms in total. The van der Waals surface area contributed by atoms with Crippen LogP contribution in [0.1, 0.15) is 33.3 Å². The fraction of sp³-hybridized carbons (Fsp3) is 0.409. The third kappa shape index (κ3) is 8.04. The Bertz CT molecular complexity index is 974. The molecule has 2 rings (SSSR count). The molecule has 0 radical (unpaired) electrons. The maximum absolute atomic E-state index is 11.6. The molecule has 0 amide bonds. The van der Waals surface area contributed by atoms with Crippen LogP contribution in [-0.4, -0.2) is 44.1 Å². The van der Waals surface area contributed by atoms with E-state index in [0.29, 0.717) is 29.4 Å². The summed E-state index contributed by atoms with van der Waals surface area (Å²) in [5, 5.41) is 9.14. The van der Waals surface area contributed by atoms with Crippen molar-refractivity contribution < 1.29 is 32.5 Å². The Hall–Kier alpha value is -2.58. The molecule has 30 heavy (non-hydrogen) atoms. The first kappa shape index (κ1) is 23.7. The van der Waals surface area contributed by atoms with Crippen molar-refractivity contribution in [3.05, 3.63) is 48.0 Å². The molecular weight excluding hydrogens is 408 g/mol. The minimum atomic E-state index is -3.30. The van der Waals surface area contributed by atoms with Crippen molar-refractivity contribution >= 4 is 15.8 Å². The molecule has 164 valence electrons. The Kier molecular flexibility index (Phi) is 7.49. The number of hydrogen-bond acceptors (Lipinski definition) is 6. The van der Waals surface area contributed by atoms with E-state index in [0.717, 1.165) is 6.26 Å². The Labute approximate surface area is 177 Å². The van der Waals surface area contributed by atoms with Gasteiger partial charge in [0.15, 0.2) is 9.84 Å². The molecule has 2 aromatic rings. The lowest BCUT2D eigenvalue weighted by molar-refractivity contribution is -0.136. The highest BCUT2D eigenvalue weighted by molar-refractivity contribution is 7.90. The number of carboxylic acid groups (broad SMARTS) is 1. The van der Waals surface area contributed by atoms with Gasteiger partial charge in [0.1, 0.15) is 23.4 Å². The minimum Gasteiger partial charge on any atom is -0.488 e. The van der Waals surface area contributed by atoms with Crippen LogP contribution in [0.2, 0.25) is 0 Å². The van der Waals surface area contributed by atoms with Gasteiger partial charge in [-0.05, 0) is 69.7 Å². The number of carboxylic acids is 1. The van der Waals surface area contributed by atoms with Crippen LogP contribution >= 0.6 is 0 Å². The van der Waals surface area contributed by atoms with Crippen LogP contribution in [0.4, 0.5) is 0 Å². The van der Waals surface area contributed by atoms with Crippen molar-refractivity contribution in [3.63, 3.8) is 0 Å². The number of carbonyl (C=O) groups is 1. The van der Waals surface area contributed by atoms with Crippen molar-refractivity contribution in [1.29, 1.82) is 0 Å². The molecule has 0 unspecified atom stereocenters. The molecule has 0 saturated carbocycles. The smallest absolute Gasteiger partial charge is 0.307 e. The molecule has 0 spiro atoms. The van der Waals surface area contributed by atoms with Gasteiger partial charge >= 0.3 is 5.97 Å². The quantitative estimate of drug-likeness (QED) is 0.632. The van der Waals surface area contributed by atoms with E-state index in [1.165, 1.54) is 12.1 Å². The van der Waals surface area contributed by atoms with E-state index >= 15 is 0 Å². The van der Waals surface area contributed by atoms with E-state index in [1.807, 2.05) is 27.7 Å². The Morgan fingerprint density at radius 1 is 1.03 bits per heavy atom. The topological polar surface area (TPSA) is 99.1 Å². The highest BCUT2D eigenvalue weighted by Crippen LogP contribution is 2.29. The molecule has 0 fully saturated rings. The van der Waals surface area contributed by atoms with Gasteiger partial charge in [0, 0.05) is 12.3 Å². The maximum Gasteiger partial charge on any atom is 0.307 e. The van der Waals surface area contributed by atoms with Crippen LogP contribution in [0, 0.1) is 0 Å². The molecule has 1 N–H and O–H groups in total. The lowest BCUT2D eigenvalue weighted by Gasteiger charge is -2.23. The average molecular weight is 437 g/mol. The standard InChI is InChI=1S/C22H28O7S/c1-15(14-27-22(2,3)4)28-18-10-16(12-21(23)24)11-19(13-18)29-17-6-8-20(9-7-17)30(5,25)26/h6-11,13,15H,12,14H2,1-5H3,(H,23,24)/t15-/m0/s1. The first-order valence-corrected chi connectivity index (χ1v) is 11.4. The second-order valence-electron chi connectivity index (χ2n) is 8.08. The lowest BCUT2D eigenvalue weighted by atomic mass is 10.1. The summed E-state index contributed by atoms with van der Waals surface area (Å²) in [4.78, 5) is 11.3. The maximum atomic E-state index is 11.6. The summed E-state index contributed by atoms with van der Waals surface area (Å²) in [5.74, 6) is 0.297. The molecule has 1 atom stereocenters. The van der Waals surface area contributed by atoms with E-state index in [9.17, 15) is 13.2 Å². The summed E-state index contributed by atoms with van der Waals surface area (Å²) in [7, 11) is -3.30. The zero-order valence-electron chi connectivity index (χ0n) is 17.8. The van der Waals surface area contributed by atoms with Crippen LogP contribution in [0.3, 0.4) is 0 Å². The first-order chi connectivity index (χ1) is 13.8.